The summed E-state index contributed by atoms with van der Waals surface area (Å²) in [4.78, 5) is 6.64. The van der Waals surface area contributed by atoms with Crippen LogP contribution in [0.25, 0.3) is 0 Å². The van der Waals surface area contributed by atoms with Crippen molar-refractivity contribution >= 4 is 28.9 Å². The van der Waals surface area contributed by atoms with Crippen molar-refractivity contribution in [3.05, 3.63) is 102 Å². The molecule has 0 spiro atoms. The molecule has 1 heterocycles. The lowest BCUT2D eigenvalue weighted by Crippen LogP contribution is -2.49. The molecule has 0 radical (unpaired) electrons. The molecule has 3 aromatic rings. The summed E-state index contributed by atoms with van der Waals surface area (Å²) in [6.45, 7) is 2.94. The van der Waals surface area contributed by atoms with Crippen LogP contribution < -0.4 is 4.90 Å². The molecular formula is C30H31Cl2N5. The number of benzene rings is 3. The molecule has 5 nitrogen and oxygen atoms in total. The minimum atomic E-state index is -0.437. The summed E-state index contributed by atoms with van der Waals surface area (Å²) >= 11 is 12.1. The van der Waals surface area contributed by atoms with E-state index in [1.165, 1.54) is 0 Å². The van der Waals surface area contributed by atoms with Gasteiger partial charge >= 0.3 is 0 Å². The first-order chi connectivity index (χ1) is 18.2. The number of anilines is 1. The molecule has 1 fully saturated rings. The molecule has 0 aliphatic carbocycles. The van der Waals surface area contributed by atoms with Gasteiger partial charge in [0.25, 0.3) is 0 Å². The van der Waals surface area contributed by atoms with Gasteiger partial charge in [0.05, 0.1) is 18.3 Å². The molecule has 2 unspecified atom stereocenters. The average molecular weight is 533 g/mol. The summed E-state index contributed by atoms with van der Waals surface area (Å²) in [5.74, 6) is 1.04. The van der Waals surface area contributed by atoms with Gasteiger partial charge in [-0.3, -0.25) is 9.80 Å². The minimum Gasteiger partial charge on any atom is -0.369 e. The van der Waals surface area contributed by atoms with E-state index in [-0.39, 0.29) is 6.17 Å². The fourth-order valence-electron chi connectivity index (χ4n) is 5.18. The molecule has 0 saturated carbocycles. The predicted molar refractivity (Wildman–Crippen MR) is 150 cm³/mol. The number of halogens is 2. The van der Waals surface area contributed by atoms with E-state index in [0.29, 0.717) is 24.8 Å². The van der Waals surface area contributed by atoms with Crippen LogP contribution in [-0.2, 0) is 0 Å². The van der Waals surface area contributed by atoms with Gasteiger partial charge in [0.15, 0.2) is 0 Å². The Morgan fingerprint density at radius 3 is 1.59 bits per heavy atom. The Balaban J connectivity index is 1.77. The highest BCUT2D eigenvalue weighted by Crippen LogP contribution is 2.41. The second-order valence-electron chi connectivity index (χ2n) is 9.04. The van der Waals surface area contributed by atoms with Crippen LogP contribution in [-0.4, -0.2) is 47.7 Å². The van der Waals surface area contributed by atoms with Crippen molar-refractivity contribution in [1.29, 1.82) is 10.5 Å². The zero-order chi connectivity index (χ0) is 26.0. The highest BCUT2D eigenvalue weighted by molar-refractivity contribution is 6.18. The zero-order valence-electron chi connectivity index (χ0n) is 20.8. The molecule has 1 aliphatic rings. The van der Waals surface area contributed by atoms with Crippen LogP contribution >= 0.6 is 23.2 Å². The quantitative estimate of drug-likeness (QED) is 0.279. The number of hydrogen-bond acceptors (Lipinski definition) is 5. The van der Waals surface area contributed by atoms with E-state index < -0.39 is 12.1 Å². The SMILES string of the molecule is N#CC(c1ccccc1)N1CCCN(C(C#N)c2ccccc2)C1c1ccc(N(CCCl)CCCl)cc1. The average Bonchev–Trinajstić information content (AvgIpc) is 2.95. The molecule has 37 heavy (non-hydrogen) atoms. The Labute approximate surface area is 230 Å². The van der Waals surface area contributed by atoms with E-state index in [2.05, 4.69) is 51.1 Å². The molecule has 190 valence electrons. The van der Waals surface area contributed by atoms with Gasteiger partial charge in [0.2, 0.25) is 0 Å². The topological polar surface area (TPSA) is 57.3 Å². The maximum Gasteiger partial charge on any atom is 0.125 e. The Morgan fingerprint density at radius 2 is 1.19 bits per heavy atom. The van der Waals surface area contributed by atoms with E-state index in [1.54, 1.807) is 0 Å². The molecule has 0 amide bonds. The monoisotopic (exact) mass is 531 g/mol. The molecular weight excluding hydrogens is 501 g/mol. The summed E-state index contributed by atoms with van der Waals surface area (Å²) in [6.07, 6.45) is 0.621. The lowest BCUT2D eigenvalue weighted by molar-refractivity contribution is -0.0286. The maximum absolute atomic E-state index is 10.3. The Bertz CT molecular complexity index is 1120. The van der Waals surface area contributed by atoms with E-state index in [1.807, 2.05) is 60.7 Å². The third kappa shape index (κ3) is 6.27. The largest absolute Gasteiger partial charge is 0.369 e. The fourth-order valence-corrected chi connectivity index (χ4v) is 5.58. The number of alkyl halides is 2. The summed E-state index contributed by atoms with van der Waals surface area (Å²) in [6, 6.07) is 32.4. The third-order valence-electron chi connectivity index (χ3n) is 6.86. The van der Waals surface area contributed by atoms with E-state index in [0.717, 1.165) is 41.9 Å². The summed E-state index contributed by atoms with van der Waals surface area (Å²) in [5, 5.41) is 20.6. The van der Waals surface area contributed by atoms with Crippen molar-refractivity contribution in [2.24, 2.45) is 0 Å². The molecule has 4 rings (SSSR count). The first-order valence-electron chi connectivity index (χ1n) is 12.6. The highest BCUT2D eigenvalue weighted by Gasteiger charge is 2.39. The van der Waals surface area contributed by atoms with Gasteiger partial charge in [-0.15, -0.1) is 23.2 Å². The number of rotatable bonds is 10. The van der Waals surface area contributed by atoms with E-state index in [9.17, 15) is 10.5 Å². The van der Waals surface area contributed by atoms with Crippen molar-refractivity contribution in [3.8, 4) is 12.1 Å². The van der Waals surface area contributed by atoms with Crippen molar-refractivity contribution in [2.45, 2.75) is 24.7 Å². The molecule has 3 aromatic carbocycles. The Hall–Kier alpha value is -3.06. The smallest absolute Gasteiger partial charge is 0.125 e. The summed E-state index contributed by atoms with van der Waals surface area (Å²) in [7, 11) is 0. The van der Waals surface area contributed by atoms with E-state index in [4.69, 9.17) is 23.2 Å². The van der Waals surface area contributed by atoms with Crippen LogP contribution in [0.3, 0.4) is 0 Å². The molecule has 2 atom stereocenters. The van der Waals surface area contributed by atoms with Crippen LogP contribution in [0.5, 0.6) is 0 Å². The van der Waals surface area contributed by atoms with E-state index >= 15 is 0 Å². The van der Waals surface area contributed by atoms with Gasteiger partial charge in [0, 0.05) is 43.6 Å². The van der Waals surface area contributed by atoms with Crippen molar-refractivity contribution in [3.63, 3.8) is 0 Å². The van der Waals surface area contributed by atoms with Gasteiger partial charge in [-0.2, -0.15) is 10.5 Å². The normalized spacial score (nSPS) is 17.9. The van der Waals surface area contributed by atoms with Crippen LogP contribution in [0.4, 0.5) is 5.69 Å². The second kappa shape index (κ2) is 13.5. The molecule has 0 N–H and O–H groups in total. The number of nitriles is 2. The first kappa shape index (κ1) is 27.0. The molecule has 1 aliphatic heterocycles. The molecule has 7 heteroatoms. The van der Waals surface area contributed by atoms with Crippen LogP contribution in [0.2, 0.25) is 0 Å². The maximum atomic E-state index is 10.3. The highest BCUT2D eigenvalue weighted by atomic mass is 35.5. The van der Waals surface area contributed by atoms with Gasteiger partial charge in [-0.1, -0.05) is 72.8 Å². The third-order valence-corrected chi connectivity index (χ3v) is 7.20. The second-order valence-corrected chi connectivity index (χ2v) is 9.80. The molecule has 0 aromatic heterocycles. The van der Waals surface area contributed by atoms with Crippen LogP contribution in [0, 0.1) is 22.7 Å². The molecule has 1 saturated heterocycles. The van der Waals surface area contributed by atoms with Crippen molar-refractivity contribution < 1.29 is 0 Å². The lowest BCUT2D eigenvalue weighted by Gasteiger charge is -2.47. The fraction of sp³-hybridized carbons (Fsp3) is 0.333. The number of hydrogen-bond donors (Lipinski definition) is 0. The first-order valence-corrected chi connectivity index (χ1v) is 13.7. The van der Waals surface area contributed by atoms with Gasteiger partial charge in [-0.05, 0) is 35.2 Å². The van der Waals surface area contributed by atoms with Gasteiger partial charge in [0.1, 0.15) is 12.1 Å². The summed E-state index contributed by atoms with van der Waals surface area (Å²) in [5.41, 5.74) is 4.01. The van der Waals surface area contributed by atoms with Crippen molar-refractivity contribution in [1.82, 2.24) is 9.80 Å². The lowest BCUT2D eigenvalue weighted by atomic mass is 9.97. The van der Waals surface area contributed by atoms with Gasteiger partial charge in [-0.25, -0.2) is 0 Å². The Kier molecular flexibility index (Phi) is 9.83. The van der Waals surface area contributed by atoms with Crippen molar-refractivity contribution in [2.75, 3.05) is 42.8 Å². The summed E-state index contributed by atoms with van der Waals surface area (Å²) < 4.78 is 0. The van der Waals surface area contributed by atoms with Crippen LogP contribution in [0.1, 0.15) is 41.4 Å². The van der Waals surface area contributed by atoms with Crippen LogP contribution in [0.15, 0.2) is 84.9 Å². The number of nitrogens with zero attached hydrogens (tertiary/aromatic N) is 5. The predicted octanol–water partition coefficient (Wildman–Crippen LogP) is 6.51. The zero-order valence-corrected chi connectivity index (χ0v) is 22.3. The minimum absolute atomic E-state index is 0.244. The van der Waals surface area contributed by atoms with Gasteiger partial charge < -0.3 is 4.90 Å². The Morgan fingerprint density at radius 1 is 0.730 bits per heavy atom. The standard InChI is InChI=1S/C30H31Cl2N5/c31-16-20-35(21-17-32)27-14-12-26(13-15-27)30-36(28(22-33)24-8-3-1-4-9-24)18-7-19-37(30)29(23-34)25-10-5-2-6-11-25/h1-6,8-15,28-30H,7,16-21H2. The molecule has 0 bridgehead atoms.